The van der Waals surface area contributed by atoms with E-state index in [1.165, 1.54) is 6.20 Å². The first kappa shape index (κ1) is 13.0. The zero-order valence-electron chi connectivity index (χ0n) is 8.21. The summed E-state index contributed by atoms with van der Waals surface area (Å²) >= 11 is 1.02. The van der Waals surface area contributed by atoms with Gasteiger partial charge in [-0.1, -0.05) is 0 Å². The Kier molecular flexibility index (Phi) is 4.80. The van der Waals surface area contributed by atoms with Gasteiger partial charge in [0.15, 0.2) is 0 Å². The van der Waals surface area contributed by atoms with Crippen LogP contribution in [0.4, 0.5) is 0 Å². The molecule has 0 amide bonds. The first-order valence-corrected chi connectivity index (χ1v) is 6.70. The van der Waals surface area contributed by atoms with Crippen molar-refractivity contribution in [3.63, 3.8) is 0 Å². The first-order chi connectivity index (χ1) is 7.52. The summed E-state index contributed by atoms with van der Waals surface area (Å²) in [4.78, 5) is 13.8. The first-order valence-electron chi connectivity index (χ1n) is 4.34. The maximum absolute atomic E-state index is 11.5. The van der Waals surface area contributed by atoms with Crippen LogP contribution < -0.4 is 10.0 Å². The molecule has 0 spiro atoms. The van der Waals surface area contributed by atoms with Crippen molar-refractivity contribution in [1.82, 2.24) is 15.0 Å². The second-order valence-corrected chi connectivity index (χ2v) is 5.60. The predicted octanol–water partition coefficient (Wildman–Crippen LogP) is -0.904. The van der Waals surface area contributed by atoms with E-state index >= 15 is 0 Å². The smallest absolute Gasteiger partial charge is 0.317 e. The van der Waals surface area contributed by atoms with Crippen molar-refractivity contribution >= 4 is 27.3 Å². The molecule has 9 heteroatoms. The van der Waals surface area contributed by atoms with Crippen LogP contribution in [0.15, 0.2) is 15.9 Å². The highest BCUT2D eigenvalue weighted by atomic mass is 32.2. The molecule has 0 aliphatic rings. The Balaban J connectivity index is 2.30. The highest BCUT2D eigenvalue weighted by molar-refractivity contribution is 7.91. The van der Waals surface area contributed by atoms with Gasteiger partial charge in [-0.05, 0) is 0 Å². The number of hydrogen-bond acceptors (Lipinski definition) is 6. The van der Waals surface area contributed by atoms with Crippen LogP contribution in [0.3, 0.4) is 0 Å². The molecular formula is C7H11N3O4S2. The third kappa shape index (κ3) is 4.23. The lowest BCUT2D eigenvalue weighted by Gasteiger charge is -2.03. The standard InChI is InChI=1S/C7H11N3O4S2/c11-6(12)5-8-1-2-10-16(13,14)7-9-3-4-15-7/h3-4,8,10H,1-2,5H2,(H,11,12). The van der Waals surface area contributed by atoms with E-state index in [2.05, 4.69) is 15.0 Å². The van der Waals surface area contributed by atoms with Gasteiger partial charge in [-0.3, -0.25) is 4.79 Å². The molecule has 0 aliphatic carbocycles. The zero-order chi connectivity index (χ0) is 12.0. The molecule has 0 fully saturated rings. The second kappa shape index (κ2) is 5.89. The summed E-state index contributed by atoms with van der Waals surface area (Å²) in [5.74, 6) is -0.984. The summed E-state index contributed by atoms with van der Waals surface area (Å²) in [5, 5.41) is 12.4. The van der Waals surface area contributed by atoms with Crippen molar-refractivity contribution in [3.05, 3.63) is 11.6 Å². The van der Waals surface area contributed by atoms with Gasteiger partial charge in [0.05, 0.1) is 6.54 Å². The quantitative estimate of drug-likeness (QED) is 0.551. The molecule has 16 heavy (non-hydrogen) atoms. The molecule has 1 rings (SSSR count). The summed E-state index contributed by atoms with van der Waals surface area (Å²) in [6, 6.07) is 0. The van der Waals surface area contributed by atoms with Gasteiger partial charge in [0.2, 0.25) is 4.34 Å². The Hall–Kier alpha value is -1.03. The van der Waals surface area contributed by atoms with E-state index in [-0.39, 0.29) is 24.0 Å². The lowest BCUT2D eigenvalue weighted by Crippen LogP contribution is -2.33. The Bertz CT molecular complexity index is 428. The maximum Gasteiger partial charge on any atom is 0.317 e. The van der Waals surface area contributed by atoms with Crippen LogP contribution in [0, 0.1) is 0 Å². The number of carboxylic acids is 1. The third-order valence-electron chi connectivity index (χ3n) is 1.51. The van der Waals surface area contributed by atoms with Gasteiger partial charge in [-0.15, -0.1) is 11.3 Å². The number of nitrogens with one attached hydrogen (secondary N) is 2. The average Bonchev–Trinajstić information content (AvgIpc) is 2.69. The number of carbonyl (C=O) groups is 1. The van der Waals surface area contributed by atoms with Gasteiger partial charge in [-0.25, -0.2) is 18.1 Å². The van der Waals surface area contributed by atoms with Crippen LogP contribution in [0.1, 0.15) is 0 Å². The normalized spacial score (nSPS) is 11.5. The molecular weight excluding hydrogens is 254 g/mol. The Morgan fingerprint density at radius 2 is 2.25 bits per heavy atom. The molecule has 7 nitrogen and oxygen atoms in total. The molecule has 0 radical (unpaired) electrons. The fourth-order valence-corrected chi connectivity index (χ4v) is 2.78. The molecule has 1 heterocycles. The number of aromatic nitrogens is 1. The molecule has 0 saturated carbocycles. The molecule has 3 N–H and O–H groups in total. The number of aliphatic carboxylic acids is 1. The van der Waals surface area contributed by atoms with Gasteiger partial charge in [0.1, 0.15) is 0 Å². The molecule has 1 aromatic rings. The Labute approximate surface area is 96.6 Å². The number of thiazole rings is 1. The van der Waals surface area contributed by atoms with Gasteiger partial charge in [-0.2, -0.15) is 0 Å². The van der Waals surface area contributed by atoms with Crippen molar-refractivity contribution in [2.24, 2.45) is 0 Å². The molecule has 90 valence electrons. The molecule has 0 aliphatic heterocycles. The molecule has 0 saturated heterocycles. The predicted molar refractivity (Wildman–Crippen MR) is 57.8 cm³/mol. The summed E-state index contributed by atoms with van der Waals surface area (Å²) in [7, 11) is -3.55. The second-order valence-electron chi connectivity index (χ2n) is 2.77. The minimum absolute atomic E-state index is 0.00531. The van der Waals surface area contributed by atoms with Crippen LogP contribution in [-0.4, -0.2) is 44.1 Å². The molecule has 0 aromatic carbocycles. The fourth-order valence-electron chi connectivity index (χ4n) is 0.874. The van der Waals surface area contributed by atoms with E-state index in [0.29, 0.717) is 0 Å². The van der Waals surface area contributed by atoms with Gasteiger partial charge >= 0.3 is 5.97 Å². The summed E-state index contributed by atoms with van der Waals surface area (Å²) < 4.78 is 25.3. The summed E-state index contributed by atoms with van der Waals surface area (Å²) in [5.41, 5.74) is 0. The van der Waals surface area contributed by atoms with E-state index in [1.807, 2.05) is 0 Å². The number of nitrogens with zero attached hydrogens (tertiary/aromatic N) is 1. The van der Waals surface area contributed by atoms with Crippen molar-refractivity contribution in [2.75, 3.05) is 19.6 Å². The third-order valence-corrected chi connectivity index (χ3v) is 4.17. The van der Waals surface area contributed by atoms with Gasteiger partial charge < -0.3 is 10.4 Å². The number of hydrogen-bond donors (Lipinski definition) is 3. The van der Waals surface area contributed by atoms with E-state index < -0.39 is 16.0 Å². The lowest BCUT2D eigenvalue weighted by molar-refractivity contribution is -0.135. The summed E-state index contributed by atoms with van der Waals surface area (Å²) in [6.45, 7) is 0.172. The van der Waals surface area contributed by atoms with Crippen LogP contribution in [0.2, 0.25) is 0 Å². The van der Waals surface area contributed by atoms with Crippen molar-refractivity contribution in [1.29, 1.82) is 0 Å². The van der Waals surface area contributed by atoms with Crippen LogP contribution in [0.5, 0.6) is 0 Å². The van der Waals surface area contributed by atoms with E-state index in [1.54, 1.807) is 5.38 Å². The van der Waals surface area contributed by atoms with Gasteiger partial charge in [0, 0.05) is 24.7 Å². The fraction of sp³-hybridized carbons (Fsp3) is 0.429. The Morgan fingerprint density at radius 1 is 1.50 bits per heavy atom. The monoisotopic (exact) mass is 265 g/mol. The minimum Gasteiger partial charge on any atom is -0.480 e. The summed E-state index contributed by atoms with van der Waals surface area (Å²) in [6.07, 6.45) is 1.40. The van der Waals surface area contributed by atoms with E-state index in [0.717, 1.165) is 11.3 Å². The molecule has 0 atom stereocenters. The van der Waals surface area contributed by atoms with Crippen LogP contribution >= 0.6 is 11.3 Å². The average molecular weight is 265 g/mol. The van der Waals surface area contributed by atoms with Gasteiger partial charge in [0.25, 0.3) is 10.0 Å². The minimum atomic E-state index is -3.55. The van der Waals surface area contributed by atoms with E-state index in [9.17, 15) is 13.2 Å². The molecule has 0 bridgehead atoms. The van der Waals surface area contributed by atoms with Crippen molar-refractivity contribution in [3.8, 4) is 0 Å². The van der Waals surface area contributed by atoms with Crippen LogP contribution in [-0.2, 0) is 14.8 Å². The lowest BCUT2D eigenvalue weighted by atomic mass is 10.6. The largest absolute Gasteiger partial charge is 0.480 e. The van der Waals surface area contributed by atoms with Crippen molar-refractivity contribution in [2.45, 2.75) is 4.34 Å². The van der Waals surface area contributed by atoms with E-state index in [4.69, 9.17) is 5.11 Å². The number of sulfonamides is 1. The van der Waals surface area contributed by atoms with Crippen LogP contribution in [0.25, 0.3) is 0 Å². The SMILES string of the molecule is O=C(O)CNCCNS(=O)(=O)c1nccs1. The molecule has 0 unspecified atom stereocenters. The topological polar surface area (TPSA) is 108 Å². The highest BCUT2D eigenvalue weighted by Gasteiger charge is 2.15. The highest BCUT2D eigenvalue weighted by Crippen LogP contribution is 2.10. The number of carboxylic acid groups (broad SMARTS) is 1. The Morgan fingerprint density at radius 3 is 2.81 bits per heavy atom. The van der Waals surface area contributed by atoms with Crippen molar-refractivity contribution < 1.29 is 18.3 Å². The zero-order valence-corrected chi connectivity index (χ0v) is 9.84. The maximum atomic E-state index is 11.5. The number of rotatable bonds is 7. The molecule has 1 aromatic heterocycles.